The van der Waals surface area contributed by atoms with E-state index < -0.39 is 29.3 Å². The molecule has 0 saturated carbocycles. The summed E-state index contributed by atoms with van der Waals surface area (Å²) in [5, 5.41) is 2.65. The first-order valence-corrected chi connectivity index (χ1v) is 9.48. The molecule has 1 amide bonds. The summed E-state index contributed by atoms with van der Waals surface area (Å²) in [6, 6.07) is 9.94. The summed E-state index contributed by atoms with van der Waals surface area (Å²) in [6.07, 6.45) is 0.625. The third kappa shape index (κ3) is 7.31. The Morgan fingerprint density at radius 2 is 1.70 bits per heavy atom. The van der Waals surface area contributed by atoms with Crippen LogP contribution in [-0.4, -0.2) is 24.3 Å². The number of hydrogen-bond acceptors (Lipinski definition) is 4. The smallest absolute Gasteiger partial charge is 0.407 e. The van der Waals surface area contributed by atoms with E-state index >= 15 is 0 Å². The molecule has 0 aliphatic heterocycles. The minimum atomic E-state index is -0.762. The zero-order chi connectivity index (χ0) is 22.3. The Labute approximate surface area is 174 Å². The molecule has 5 nitrogen and oxygen atoms in total. The maximum atomic E-state index is 13.8. The number of benzene rings is 2. The van der Waals surface area contributed by atoms with E-state index in [2.05, 4.69) is 5.32 Å². The lowest BCUT2D eigenvalue weighted by Crippen LogP contribution is -2.32. The third-order valence-electron chi connectivity index (χ3n) is 3.80. The highest BCUT2D eigenvalue weighted by atomic mass is 19.1. The highest BCUT2D eigenvalue weighted by Crippen LogP contribution is 2.26. The maximum absolute atomic E-state index is 13.8. The maximum Gasteiger partial charge on any atom is 0.407 e. The Morgan fingerprint density at radius 3 is 2.30 bits per heavy atom. The average Bonchev–Trinajstić information content (AvgIpc) is 2.63. The Morgan fingerprint density at radius 1 is 1.03 bits per heavy atom. The summed E-state index contributed by atoms with van der Waals surface area (Å²) in [6.45, 7) is 7.29. The van der Waals surface area contributed by atoms with Crippen LogP contribution < -0.4 is 5.32 Å². The van der Waals surface area contributed by atoms with Gasteiger partial charge in [0.25, 0.3) is 0 Å². The van der Waals surface area contributed by atoms with Crippen molar-refractivity contribution in [2.45, 2.75) is 39.8 Å². The van der Waals surface area contributed by atoms with E-state index in [-0.39, 0.29) is 18.7 Å². The van der Waals surface area contributed by atoms with Gasteiger partial charge >= 0.3 is 12.1 Å². The first-order valence-electron chi connectivity index (χ1n) is 9.48. The van der Waals surface area contributed by atoms with Crippen molar-refractivity contribution in [1.29, 1.82) is 0 Å². The fraction of sp³-hybridized carbons (Fsp3) is 0.304. The van der Waals surface area contributed by atoms with Crippen LogP contribution >= 0.6 is 0 Å². The molecule has 0 spiro atoms. The van der Waals surface area contributed by atoms with E-state index in [1.165, 1.54) is 6.08 Å². The zero-order valence-corrected chi connectivity index (χ0v) is 17.4. The Balaban J connectivity index is 2.34. The molecule has 2 aromatic carbocycles. The number of halogens is 2. The molecule has 0 saturated heterocycles. The molecule has 2 aromatic rings. The van der Waals surface area contributed by atoms with Crippen LogP contribution in [0.2, 0.25) is 0 Å². The monoisotopic (exact) mass is 417 g/mol. The van der Waals surface area contributed by atoms with E-state index in [0.717, 1.165) is 18.2 Å². The number of amides is 1. The molecule has 0 unspecified atom stereocenters. The fourth-order valence-corrected chi connectivity index (χ4v) is 2.68. The van der Waals surface area contributed by atoms with Crippen LogP contribution in [0.1, 0.15) is 44.4 Å². The summed E-state index contributed by atoms with van der Waals surface area (Å²) >= 11 is 0. The summed E-state index contributed by atoms with van der Waals surface area (Å²) < 4.78 is 37.7. The summed E-state index contributed by atoms with van der Waals surface area (Å²) in [5.74, 6) is -2.15. The molecular formula is C23H25F2NO4. The molecule has 0 aliphatic rings. The topological polar surface area (TPSA) is 64.6 Å². The van der Waals surface area contributed by atoms with Gasteiger partial charge in [0.15, 0.2) is 0 Å². The molecule has 0 bridgehead atoms. The van der Waals surface area contributed by atoms with Crippen molar-refractivity contribution in [2.75, 3.05) is 6.61 Å². The van der Waals surface area contributed by atoms with Gasteiger partial charge < -0.3 is 14.8 Å². The number of ether oxygens (including phenoxy) is 2. The van der Waals surface area contributed by atoms with E-state index in [0.29, 0.717) is 16.7 Å². The van der Waals surface area contributed by atoms with Crippen molar-refractivity contribution in [1.82, 2.24) is 5.32 Å². The lowest BCUT2D eigenvalue weighted by Gasteiger charge is -2.19. The molecule has 0 fully saturated rings. The quantitative estimate of drug-likeness (QED) is 0.532. The number of rotatable bonds is 6. The molecule has 30 heavy (non-hydrogen) atoms. The summed E-state index contributed by atoms with van der Waals surface area (Å²) in [4.78, 5) is 23.9. The van der Waals surface area contributed by atoms with Gasteiger partial charge in [-0.3, -0.25) is 0 Å². The van der Waals surface area contributed by atoms with Crippen molar-refractivity contribution in [3.8, 4) is 0 Å². The van der Waals surface area contributed by atoms with Crippen molar-refractivity contribution in [2.24, 2.45) is 0 Å². The van der Waals surface area contributed by atoms with Gasteiger partial charge in [-0.15, -0.1) is 0 Å². The molecule has 0 radical (unpaired) electrons. The molecule has 0 atom stereocenters. The van der Waals surface area contributed by atoms with Crippen molar-refractivity contribution >= 4 is 17.6 Å². The Hall–Kier alpha value is -3.22. The van der Waals surface area contributed by atoms with E-state index in [1.54, 1.807) is 52.0 Å². The largest absolute Gasteiger partial charge is 0.463 e. The van der Waals surface area contributed by atoms with Gasteiger partial charge in [-0.25, -0.2) is 18.4 Å². The third-order valence-corrected chi connectivity index (χ3v) is 3.80. The SMILES string of the molecule is CCOC(=O)/C=C(\c1cc(F)cc(F)c1)c1cccc(CNC(=O)OC(C)(C)C)c1. The molecule has 7 heteroatoms. The lowest BCUT2D eigenvalue weighted by atomic mass is 9.95. The molecule has 2 rings (SSSR count). The normalized spacial score (nSPS) is 11.7. The standard InChI is InChI=1S/C23H25F2NO4/c1-5-29-21(27)13-20(17-10-18(24)12-19(25)11-17)16-8-6-7-15(9-16)14-26-22(28)30-23(2,3)4/h6-13H,5,14H2,1-4H3,(H,26,28)/b20-13-. The molecule has 0 aromatic heterocycles. The highest BCUT2D eigenvalue weighted by molar-refractivity contribution is 5.96. The predicted octanol–water partition coefficient (Wildman–Crippen LogP) is 4.98. The van der Waals surface area contributed by atoms with Crippen molar-refractivity contribution < 1.29 is 27.8 Å². The zero-order valence-electron chi connectivity index (χ0n) is 17.4. The van der Waals surface area contributed by atoms with Crippen LogP contribution in [0.3, 0.4) is 0 Å². The average molecular weight is 417 g/mol. The predicted molar refractivity (Wildman–Crippen MR) is 110 cm³/mol. The molecule has 0 aliphatic carbocycles. The van der Waals surface area contributed by atoms with Crippen LogP contribution in [0.4, 0.5) is 13.6 Å². The van der Waals surface area contributed by atoms with Crippen LogP contribution in [0.5, 0.6) is 0 Å². The Kier molecular flexibility index (Phi) is 7.69. The van der Waals surface area contributed by atoms with Gasteiger partial charge in [-0.2, -0.15) is 0 Å². The van der Waals surface area contributed by atoms with Crippen LogP contribution in [0.25, 0.3) is 5.57 Å². The fourth-order valence-electron chi connectivity index (χ4n) is 2.68. The Bertz CT molecular complexity index is 928. The number of alkyl carbamates (subject to hydrolysis) is 1. The number of nitrogens with one attached hydrogen (secondary N) is 1. The van der Waals surface area contributed by atoms with Crippen LogP contribution in [0.15, 0.2) is 48.5 Å². The van der Waals surface area contributed by atoms with Crippen molar-refractivity contribution in [3.63, 3.8) is 0 Å². The second-order valence-corrected chi connectivity index (χ2v) is 7.52. The molecule has 0 heterocycles. The van der Waals surface area contributed by atoms with Crippen LogP contribution in [-0.2, 0) is 20.8 Å². The number of carbonyl (C=O) groups excluding carboxylic acids is 2. The van der Waals surface area contributed by atoms with E-state index in [9.17, 15) is 18.4 Å². The van der Waals surface area contributed by atoms with Gasteiger partial charge in [0, 0.05) is 18.7 Å². The minimum Gasteiger partial charge on any atom is -0.463 e. The highest BCUT2D eigenvalue weighted by Gasteiger charge is 2.16. The molecule has 1 N–H and O–H groups in total. The second-order valence-electron chi connectivity index (χ2n) is 7.52. The van der Waals surface area contributed by atoms with Gasteiger partial charge in [-0.05, 0) is 68.2 Å². The number of carbonyl (C=O) groups is 2. The molecular weight excluding hydrogens is 392 g/mol. The van der Waals surface area contributed by atoms with Gasteiger partial charge in [0.1, 0.15) is 17.2 Å². The van der Waals surface area contributed by atoms with Crippen LogP contribution in [0, 0.1) is 11.6 Å². The van der Waals surface area contributed by atoms with Gasteiger partial charge in [0.2, 0.25) is 0 Å². The molecule has 160 valence electrons. The summed E-state index contributed by atoms with van der Waals surface area (Å²) in [5.41, 5.74) is 1.12. The lowest BCUT2D eigenvalue weighted by molar-refractivity contribution is -0.137. The number of esters is 1. The first-order chi connectivity index (χ1) is 14.1. The van der Waals surface area contributed by atoms with Crippen molar-refractivity contribution in [3.05, 3.63) is 76.9 Å². The minimum absolute atomic E-state index is 0.167. The second kappa shape index (κ2) is 10.0. The number of hydrogen-bond donors (Lipinski definition) is 1. The van der Waals surface area contributed by atoms with E-state index in [4.69, 9.17) is 9.47 Å². The van der Waals surface area contributed by atoms with Gasteiger partial charge in [0.05, 0.1) is 6.61 Å². The first kappa shape index (κ1) is 23.1. The summed E-state index contributed by atoms with van der Waals surface area (Å²) in [7, 11) is 0. The van der Waals surface area contributed by atoms with E-state index in [1.807, 2.05) is 0 Å². The van der Waals surface area contributed by atoms with Gasteiger partial charge in [-0.1, -0.05) is 18.2 Å².